The highest BCUT2D eigenvalue weighted by Gasteiger charge is 2.19. The lowest BCUT2D eigenvalue weighted by Crippen LogP contribution is -2.32. The predicted octanol–water partition coefficient (Wildman–Crippen LogP) is 4.03. The molecule has 3 rings (SSSR count). The fourth-order valence-electron chi connectivity index (χ4n) is 2.84. The number of fused-ring (bicyclic) bond motifs is 1. The zero-order valence-electron chi connectivity index (χ0n) is 13.1. The molecule has 0 bridgehead atoms. The Bertz CT molecular complexity index is 792. The molecule has 126 valence electrons. The van der Waals surface area contributed by atoms with Gasteiger partial charge in [-0.15, -0.1) is 0 Å². The van der Waals surface area contributed by atoms with E-state index in [9.17, 15) is 18.0 Å². The maximum absolute atomic E-state index is 13.6. The fraction of sp³-hybridized carbons (Fsp3) is 0.278. The van der Waals surface area contributed by atoms with Gasteiger partial charge < -0.3 is 10.6 Å². The van der Waals surface area contributed by atoms with E-state index >= 15 is 0 Å². The monoisotopic (exact) mass is 334 g/mol. The SMILES string of the molecule is C[C@@H](Nc1ccc2c(c1)CCC2)C(=O)Nc1ccc(F)c(F)c1F. The van der Waals surface area contributed by atoms with E-state index in [-0.39, 0.29) is 5.69 Å². The minimum Gasteiger partial charge on any atom is -0.374 e. The molecule has 0 radical (unpaired) electrons. The van der Waals surface area contributed by atoms with Crippen LogP contribution in [0.1, 0.15) is 24.5 Å². The zero-order valence-corrected chi connectivity index (χ0v) is 13.1. The van der Waals surface area contributed by atoms with E-state index in [1.165, 1.54) is 11.1 Å². The Labute approximate surface area is 137 Å². The van der Waals surface area contributed by atoms with E-state index in [1.807, 2.05) is 18.2 Å². The van der Waals surface area contributed by atoms with Gasteiger partial charge in [-0.25, -0.2) is 13.2 Å². The second-order valence-corrected chi connectivity index (χ2v) is 5.92. The zero-order chi connectivity index (χ0) is 17.3. The highest BCUT2D eigenvalue weighted by Crippen LogP contribution is 2.25. The van der Waals surface area contributed by atoms with Crippen LogP contribution in [0.2, 0.25) is 0 Å². The minimum atomic E-state index is -1.60. The lowest BCUT2D eigenvalue weighted by molar-refractivity contribution is -0.116. The highest BCUT2D eigenvalue weighted by molar-refractivity contribution is 5.96. The van der Waals surface area contributed by atoms with Gasteiger partial charge in [0.05, 0.1) is 5.69 Å². The summed E-state index contributed by atoms with van der Waals surface area (Å²) in [6, 6.07) is 7.03. The van der Waals surface area contributed by atoms with Crippen molar-refractivity contribution < 1.29 is 18.0 Å². The van der Waals surface area contributed by atoms with Gasteiger partial charge in [-0.1, -0.05) is 6.07 Å². The smallest absolute Gasteiger partial charge is 0.246 e. The van der Waals surface area contributed by atoms with Crippen molar-refractivity contribution in [3.63, 3.8) is 0 Å². The van der Waals surface area contributed by atoms with Crippen LogP contribution < -0.4 is 10.6 Å². The Balaban J connectivity index is 1.68. The van der Waals surface area contributed by atoms with Crippen LogP contribution in [0.5, 0.6) is 0 Å². The number of hydrogen-bond acceptors (Lipinski definition) is 2. The number of rotatable bonds is 4. The number of aryl methyl sites for hydroxylation is 2. The third-order valence-electron chi connectivity index (χ3n) is 4.17. The Morgan fingerprint density at radius 1 is 1.04 bits per heavy atom. The average Bonchev–Trinajstić information content (AvgIpc) is 3.03. The van der Waals surface area contributed by atoms with Gasteiger partial charge >= 0.3 is 0 Å². The van der Waals surface area contributed by atoms with Crippen molar-refractivity contribution in [1.29, 1.82) is 0 Å². The van der Waals surface area contributed by atoms with Gasteiger partial charge in [0.15, 0.2) is 17.5 Å². The quantitative estimate of drug-likeness (QED) is 0.829. The third-order valence-corrected chi connectivity index (χ3v) is 4.17. The van der Waals surface area contributed by atoms with E-state index in [0.717, 1.165) is 37.1 Å². The Hall–Kier alpha value is -2.50. The number of halogens is 3. The standard InChI is InChI=1S/C18H17F3N2O/c1-10(22-13-6-5-11-3-2-4-12(11)9-13)18(24)23-15-8-7-14(19)16(20)17(15)21/h5-10,22H,2-4H2,1H3,(H,23,24)/t10-/m1/s1. The molecule has 1 aliphatic rings. The molecule has 0 saturated carbocycles. The maximum Gasteiger partial charge on any atom is 0.246 e. The third kappa shape index (κ3) is 3.22. The topological polar surface area (TPSA) is 41.1 Å². The molecule has 2 N–H and O–H groups in total. The van der Waals surface area contributed by atoms with Crippen molar-refractivity contribution in [1.82, 2.24) is 0 Å². The molecule has 0 spiro atoms. The van der Waals surface area contributed by atoms with Crippen molar-refractivity contribution in [2.75, 3.05) is 10.6 Å². The van der Waals surface area contributed by atoms with E-state index < -0.39 is 29.4 Å². The summed E-state index contributed by atoms with van der Waals surface area (Å²) >= 11 is 0. The molecule has 0 unspecified atom stereocenters. The summed E-state index contributed by atoms with van der Waals surface area (Å²) in [6.07, 6.45) is 3.22. The van der Waals surface area contributed by atoms with E-state index in [4.69, 9.17) is 0 Å². The van der Waals surface area contributed by atoms with Gasteiger partial charge in [-0.05, 0) is 61.6 Å². The molecule has 0 fully saturated rings. The van der Waals surface area contributed by atoms with Gasteiger partial charge in [0.25, 0.3) is 0 Å². The molecule has 24 heavy (non-hydrogen) atoms. The molecular formula is C18H17F3N2O. The number of carbonyl (C=O) groups excluding carboxylic acids is 1. The van der Waals surface area contributed by atoms with Crippen LogP contribution in [0.3, 0.4) is 0 Å². The van der Waals surface area contributed by atoms with Crippen molar-refractivity contribution in [3.05, 3.63) is 58.9 Å². The largest absolute Gasteiger partial charge is 0.374 e. The second-order valence-electron chi connectivity index (χ2n) is 5.92. The molecule has 0 saturated heterocycles. The molecule has 2 aromatic rings. The molecule has 2 aromatic carbocycles. The maximum atomic E-state index is 13.6. The fourth-order valence-corrected chi connectivity index (χ4v) is 2.84. The van der Waals surface area contributed by atoms with Crippen LogP contribution in [0.4, 0.5) is 24.5 Å². The second kappa shape index (κ2) is 6.55. The van der Waals surface area contributed by atoms with E-state index in [0.29, 0.717) is 0 Å². The lowest BCUT2D eigenvalue weighted by atomic mass is 10.1. The summed E-state index contributed by atoms with van der Waals surface area (Å²) in [5.41, 5.74) is 2.99. The summed E-state index contributed by atoms with van der Waals surface area (Å²) in [5, 5.41) is 5.30. The van der Waals surface area contributed by atoms with Gasteiger partial charge in [-0.2, -0.15) is 0 Å². The van der Waals surface area contributed by atoms with Crippen molar-refractivity contribution in [2.24, 2.45) is 0 Å². The molecule has 1 aliphatic carbocycles. The molecule has 3 nitrogen and oxygen atoms in total. The minimum absolute atomic E-state index is 0.387. The Morgan fingerprint density at radius 3 is 2.58 bits per heavy atom. The summed E-state index contributed by atoms with van der Waals surface area (Å²) in [7, 11) is 0. The molecule has 0 aromatic heterocycles. The van der Waals surface area contributed by atoms with Gasteiger partial charge in [-0.3, -0.25) is 4.79 Å². The molecule has 0 heterocycles. The Kier molecular flexibility index (Phi) is 4.46. The van der Waals surface area contributed by atoms with E-state index in [2.05, 4.69) is 10.6 Å². The molecule has 6 heteroatoms. The van der Waals surface area contributed by atoms with Crippen molar-refractivity contribution in [3.8, 4) is 0 Å². The number of amides is 1. The summed E-state index contributed by atoms with van der Waals surface area (Å²) in [5.74, 6) is -4.85. The van der Waals surface area contributed by atoms with Crippen LogP contribution in [0.25, 0.3) is 0 Å². The van der Waals surface area contributed by atoms with Gasteiger partial charge in [0.1, 0.15) is 6.04 Å². The summed E-state index contributed by atoms with van der Waals surface area (Å²) in [4.78, 5) is 12.1. The van der Waals surface area contributed by atoms with E-state index in [1.54, 1.807) is 6.92 Å². The molecule has 0 aliphatic heterocycles. The number of benzene rings is 2. The number of carbonyl (C=O) groups is 1. The van der Waals surface area contributed by atoms with Crippen LogP contribution >= 0.6 is 0 Å². The summed E-state index contributed by atoms with van der Waals surface area (Å²) < 4.78 is 39.7. The van der Waals surface area contributed by atoms with Crippen molar-refractivity contribution in [2.45, 2.75) is 32.2 Å². The number of hydrogen-bond donors (Lipinski definition) is 2. The predicted molar refractivity (Wildman–Crippen MR) is 86.5 cm³/mol. The first-order chi connectivity index (χ1) is 11.5. The van der Waals surface area contributed by atoms with Gasteiger partial charge in [0, 0.05) is 5.69 Å². The summed E-state index contributed by atoms with van der Waals surface area (Å²) in [6.45, 7) is 1.61. The first-order valence-electron chi connectivity index (χ1n) is 7.78. The molecule has 1 amide bonds. The first kappa shape index (κ1) is 16.4. The molecular weight excluding hydrogens is 317 g/mol. The molecule has 1 atom stereocenters. The van der Waals surface area contributed by atoms with Crippen LogP contribution in [-0.2, 0) is 17.6 Å². The van der Waals surface area contributed by atoms with Crippen molar-refractivity contribution >= 4 is 17.3 Å². The first-order valence-corrected chi connectivity index (χ1v) is 7.78. The number of nitrogens with one attached hydrogen (secondary N) is 2. The normalized spacial score (nSPS) is 14.2. The number of anilines is 2. The lowest BCUT2D eigenvalue weighted by Gasteiger charge is -2.16. The van der Waals surface area contributed by atoms with Crippen LogP contribution in [0.15, 0.2) is 30.3 Å². The highest BCUT2D eigenvalue weighted by atomic mass is 19.2. The average molecular weight is 334 g/mol. The van der Waals surface area contributed by atoms with Gasteiger partial charge in [0.2, 0.25) is 5.91 Å². The van der Waals surface area contributed by atoms with Crippen LogP contribution in [-0.4, -0.2) is 11.9 Å². The van der Waals surface area contributed by atoms with Crippen LogP contribution in [0, 0.1) is 17.5 Å². The Morgan fingerprint density at radius 2 is 1.79 bits per heavy atom.